The van der Waals surface area contributed by atoms with Gasteiger partial charge in [0, 0.05) is 4.90 Å². The van der Waals surface area contributed by atoms with Crippen molar-refractivity contribution in [2.24, 2.45) is 11.7 Å². The first kappa shape index (κ1) is 13.6. The van der Waals surface area contributed by atoms with E-state index in [0.29, 0.717) is 23.4 Å². The molecule has 0 spiro atoms. The van der Waals surface area contributed by atoms with E-state index in [4.69, 9.17) is 10.3 Å². The molecule has 2 N–H and O–H groups in total. The SMILES string of the molecule is CC(N)(c1nc(CSc2cccc(F)c2)no1)C1CC1. The second kappa shape index (κ2) is 5.18. The van der Waals surface area contributed by atoms with E-state index in [-0.39, 0.29) is 5.82 Å². The van der Waals surface area contributed by atoms with Gasteiger partial charge in [-0.05, 0) is 43.9 Å². The van der Waals surface area contributed by atoms with E-state index in [9.17, 15) is 4.39 Å². The van der Waals surface area contributed by atoms with E-state index >= 15 is 0 Å². The molecule has 1 fully saturated rings. The summed E-state index contributed by atoms with van der Waals surface area (Å²) in [5.74, 6) is 1.81. The van der Waals surface area contributed by atoms with Crippen LogP contribution in [-0.2, 0) is 11.3 Å². The second-order valence-electron chi connectivity index (χ2n) is 5.32. The molecule has 3 rings (SSSR count). The lowest BCUT2D eigenvalue weighted by Crippen LogP contribution is -2.35. The highest BCUT2D eigenvalue weighted by Gasteiger charge is 2.43. The Labute approximate surface area is 120 Å². The lowest BCUT2D eigenvalue weighted by molar-refractivity contribution is 0.272. The summed E-state index contributed by atoms with van der Waals surface area (Å²) >= 11 is 1.47. The number of halogens is 1. The Morgan fingerprint density at radius 3 is 3.00 bits per heavy atom. The minimum atomic E-state index is -0.533. The van der Waals surface area contributed by atoms with Gasteiger partial charge in [-0.1, -0.05) is 11.2 Å². The molecule has 20 heavy (non-hydrogen) atoms. The van der Waals surface area contributed by atoms with E-state index in [1.54, 1.807) is 6.07 Å². The third-order valence-electron chi connectivity index (χ3n) is 3.52. The Morgan fingerprint density at radius 1 is 1.50 bits per heavy atom. The molecule has 1 atom stereocenters. The summed E-state index contributed by atoms with van der Waals surface area (Å²) in [6, 6.07) is 6.45. The van der Waals surface area contributed by atoms with Crippen molar-refractivity contribution in [2.75, 3.05) is 0 Å². The summed E-state index contributed by atoms with van der Waals surface area (Å²) in [5, 5.41) is 3.95. The largest absolute Gasteiger partial charge is 0.337 e. The average molecular weight is 293 g/mol. The summed E-state index contributed by atoms with van der Waals surface area (Å²) in [5.41, 5.74) is 5.70. The number of nitrogens with two attached hydrogens (primary N) is 1. The number of nitrogens with zero attached hydrogens (tertiary/aromatic N) is 2. The van der Waals surface area contributed by atoms with Crippen molar-refractivity contribution >= 4 is 11.8 Å². The minimum absolute atomic E-state index is 0.243. The fourth-order valence-electron chi connectivity index (χ4n) is 2.09. The standard InChI is InChI=1S/C14H16FN3OS/c1-14(16,9-5-6-9)13-17-12(18-19-13)8-20-11-4-2-3-10(15)7-11/h2-4,7,9H,5-6,8,16H2,1H3. The number of benzene rings is 1. The molecule has 106 valence electrons. The van der Waals surface area contributed by atoms with Crippen molar-refractivity contribution in [3.8, 4) is 0 Å². The summed E-state index contributed by atoms with van der Waals surface area (Å²) < 4.78 is 18.3. The second-order valence-corrected chi connectivity index (χ2v) is 6.37. The van der Waals surface area contributed by atoms with E-state index in [1.807, 2.05) is 13.0 Å². The van der Waals surface area contributed by atoms with Gasteiger partial charge in [0.15, 0.2) is 5.82 Å². The van der Waals surface area contributed by atoms with Crippen LogP contribution >= 0.6 is 11.8 Å². The first-order valence-electron chi connectivity index (χ1n) is 6.56. The molecule has 1 aliphatic carbocycles. The normalized spacial score (nSPS) is 17.9. The molecule has 1 aromatic heterocycles. The van der Waals surface area contributed by atoms with E-state index in [0.717, 1.165) is 17.7 Å². The summed E-state index contributed by atoms with van der Waals surface area (Å²) in [7, 11) is 0. The van der Waals surface area contributed by atoms with Crippen LogP contribution in [0.2, 0.25) is 0 Å². The van der Waals surface area contributed by atoms with Crippen molar-refractivity contribution in [2.45, 2.75) is 36.0 Å². The van der Waals surface area contributed by atoms with E-state index in [1.165, 1.54) is 23.9 Å². The number of aromatic nitrogens is 2. The van der Waals surface area contributed by atoms with Gasteiger partial charge in [0.05, 0.1) is 11.3 Å². The van der Waals surface area contributed by atoms with Crippen molar-refractivity contribution in [1.82, 2.24) is 10.1 Å². The molecule has 2 aromatic rings. The maximum absolute atomic E-state index is 13.1. The average Bonchev–Trinajstić information content (AvgIpc) is 3.16. The molecule has 0 bridgehead atoms. The van der Waals surface area contributed by atoms with Crippen molar-refractivity contribution < 1.29 is 8.91 Å². The highest BCUT2D eigenvalue weighted by atomic mass is 32.2. The molecule has 0 amide bonds. The maximum atomic E-state index is 13.1. The van der Waals surface area contributed by atoms with Gasteiger partial charge >= 0.3 is 0 Å². The summed E-state index contributed by atoms with van der Waals surface area (Å²) in [6.07, 6.45) is 2.23. The Bertz CT molecular complexity index is 610. The van der Waals surface area contributed by atoms with Crippen molar-refractivity contribution in [3.63, 3.8) is 0 Å². The number of thioether (sulfide) groups is 1. The van der Waals surface area contributed by atoms with Crippen LogP contribution in [0.1, 0.15) is 31.5 Å². The first-order valence-corrected chi connectivity index (χ1v) is 7.54. The van der Waals surface area contributed by atoms with Crippen LogP contribution in [0.5, 0.6) is 0 Å². The van der Waals surface area contributed by atoms with Crippen LogP contribution in [0.15, 0.2) is 33.7 Å². The van der Waals surface area contributed by atoms with Gasteiger partial charge in [0.2, 0.25) is 5.89 Å². The van der Waals surface area contributed by atoms with Gasteiger partial charge in [0.1, 0.15) is 5.82 Å². The topological polar surface area (TPSA) is 64.9 Å². The van der Waals surface area contributed by atoms with Crippen molar-refractivity contribution in [3.05, 3.63) is 41.8 Å². The lowest BCUT2D eigenvalue weighted by Gasteiger charge is -2.18. The van der Waals surface area contributed by atoms with E-state index < -0.39 is 5.54 Å². The zero-order chi connectivity index (χ0) is 14.2. The van der Waals surface area contributed by atoms with Gasteiger partial charge < -0.3 is 10.3 Å². The van der Waals surface area contributed by atoms with Crippen LogP contribution in [-0.4, -0.2) is 10.1 Å². The van der Waals surface area contributed by atoms with E-state index in [2.05, 4.69) is 10.1 Å². The number of hydrogen-bond acceptors (Lipinski definition) is 5. The third-order valence-corrected chi connectivity index (χ3v) is 4.51. The fourth-order valence-corrected chi connectivity index (χ4v) is 2.88. The molecule has 0 saturated heterocycles. The highest BCUT2D eigenvalue weighted by Crippen LogP contribution is 2.43. The van der Waals surface area contributed by atoms with Gasteiger partial charge in [-0.3, -0.25) is 0 Å². The smallest absolute Gasteiger partial charge is 0.246 e. The van der Waals surface area contributed by atoms with Crippen LogP contribution in [0.4, 0.5) is 4.39 Å². The Balaban J connectivity index is 1.65. The molecular formula is C14H16FN3OS. The minimum Gasteiger partial charge on any atom is -0.337 e. The Morgan fingerprint density at radius 2 is 2.30 bits per heavy atom. The number of hydrogen-bond donors (Lipinski definition) is 1. The highest BCUT2D eigenvalue weighted by molar-refractivity contribution is 7.98. The van der Waals surface area contributed by atoms with Gasteiger partial charge in [-0.15, -0.1) is 11.8 Å². The molecular weight excluding hydrogens is 277 g/mol. The predicted octanol–water partition coefficient (Wildman–Crippen LogP) is 3.08. The quantitative estimate of drug-likeness (QED) is 0.858. The van der Waals surface area contributed by atoms with Gasteiger partial charge in [-0.2, -0.15) is 4.98 Å². The van der Waals surface area contributed by atoms with Crippen LogP contribution in [0.3, 0.4) is 0 Å². The predicted molar refractivity (Wildman–Crippen MR) is 74.5 cm³/mol. The molecule has 0 radical (unpaired) electrons. The van der Waals surface area contributed by atoms with Crippen LogP contribution in [0.25, 0.3) is 0 Å². The van der Waals surface area contributed by atoms with Gasteiger partial charge in [0.25, 0.3) is 0 Å². The lowest BCUT2D eigenvalue weighted by atomic mass is 9.97. The Hall–Kier alpha value is -1.40. The Kier molecular flexibility index (Phi) is 3.52. The molecule has 1 heterocycles. The van der Waals surface area contributed by atoms with Crippen molar-refractivity contribution in [1.29, 1.82) is 0 Å². The molecule has 6 heteroatoms. The first-order chi connectivity index (χ1) is 9.55. The zero-order valence-electron chi connectivity index (χ0n) is 11.2. The molecule has 1 aromatic carbocycles. The molecule has 1 aliphatic rings. The zero-order valence-corrected chi connectivity index (χ0v) is 12.0. The monoisotopic (exact) mass is 293 g/mol. The summed E-state index contributed by atoms with van der Waals surface area (Å²) in [4.78, 5) is 5.21. The molecule has 4 nitrogen and oxygen atoms in total. The molecule has 1 saturated carbocycles. The maximum Gasteiger partial charge on any atom is 0.246 e. The van der Waals surface area contributed by atoms with Crippen LogP contribution in [0, 0.1) is 11.7 Å². The molecule has 1 unspecified atom stereocenters. The fraction of sp³-hybridized carbons (Fsp3) is 0.429. The summed E-state index contributed by atoms with van der Waals surface area (Å²) in [6.45, 7) is 1.93. The molecule has 0 aliphatic heterocycles. The third kappa shape index (κ3) is 2.86. The van der Waals surface area contributed by atoms with Gasteiger partial charge in [-0.25, -0.2) is 4.39 Å². The van der Waals surface area contributed by atoms with Crippen LogP contribution < -0.4 is 5.73 Å². The number of rotatable bonds is 5.